The number of aromatic nitrogens is 1. The van der Waals surface area contributed by atoms with E-state index in [1.807, 2.05) is 32.9 Å². The first-order valence-corrected chi connectivity index (χ1v) is 6.19. The molecule has 19 heavy (non-hydrogen) atoms. The first-order chi connectivity index (χ1) is 9.02. The third-order valence-corrected chi connectivity index (χ3v) is 2.92. The Morgan fingerprint density at radius 2 is 1.95 bits per heavy atom. The summed E-state index contributed by atoms with van der Waals surface area (Å²) in [6.45, 7) is 5.67. The molecule has 2 aromatic rings. The van der Waals surface area contributed by atoms with Crippen molar-refractivity contribution in [3.05, 3.63) is 41.1 Å². The molecule has 1 N–H and O–H groups in total. The van der Waals surface area contributed by atoms with Crippen molar-refractivity contribution in [3.8, 4) is 0 Å². The van der Waals surface area contributed by atoms with Gasteiger partial charge in [-0.1, -0.05) is 12.1 Å². The molecule has 0 atom stereocenters. The molecule has 1 aromatic heterocycles. The third kappa shape index (κ3) is 2.62. The lowest BCUT2D eigenvalue weighted by Crippen LogP contribution is -2.30. The van der Waals surface area contributed by atoms with Crippen LogP contribution in [0.4, 0.5) is 0 Å². The van der Waals surface area contributed by atoms with Crippen molar-refractivity contribution in [1.82, 2.24) is 10.3 Å². The number of carbonyl (C=O) groups is 2. The number of carbonyl (C=O) groups excluding carboxylic acids is 2. The maximum absolute atomic E-state index is 12.1. The first kappa shape index (κ1) is 13.2. The van der Waals surface area contributed by atoms with E-state index in [1.165, 1.54) is 0 Å². The number of nitrogens with zero attached hydrogens (tertiary/aromatic N) is 1. The number of amides is 1. The van der Waals surface area contributed by atoms with Crippen molar-refractivity contribution in [3.63, 3.8) is 0 Å². The fourth-order valence-corrected chi connectivity index (χ4v) is 2.00. The highest BCUT2D eigenvalue weighted by Crippen LogP contribution is 2.20. The molecule has 0 unspecified atom stereocenters. The maximum atomic E-state index is 12.1. The van der Waals surface area contributed by atoms with E-state index in [0.717, 1.165) is 10.9 Å². The van der Waals surface area contributed by atoms with Gasteiger partial charge in [0.05, 0.1) is 5.52 Å². The minimum Gasteiger partial charge on any atom is -0.350 e. The summed E-state index contributed by atoms with van der Waals surface area (Å²) in [5, 5.41) is 3.78. The Hall–Kier alpha value is -2.23. The van der Waals surface area contributed by atoms with Crippen molar-refractivity contribution in [1.29, 1.82) is 0 Å². The molecule has 0 bridgehead atoms. The van der Waals surface area contributed by atoms with Gasteiger partial charge in [0.25, 0.3) is 5.91 Å². The number of fused-ring (bicyclic) bond motifs is 1. The zero-order valence-electron chi connectivity index (χ0n) is 11.2. The van der Waals surface area contributed by atoms with Crippen LogP contribution in [0.25, 0.3) is 10.9 Å². The second kappa shape index (κ2) is 5.18. The van der Waals surface area contributed by atoms with Crippen LogP contribution in [-0.2, 0) is 0 Å². The molecule has 98 valence electrons. The van der Waals surface area contributed by atoms with Gasteiger partial charge in [-0.15, -0.1) is 0 Å². The van der Waals surface area contributed by atoms with Crippen molar-refractivity contribution < 1.29 is 9.59 Å². The van der Waals surface area contributed by atoms with Crippen molar-refractivity contribution in [2.75, 3.05) is 0 Å². The quantitative estimate of drug-likeness (QED) is 0.858. The second-order valence-electron chi connectivity index (χ2n) is 4.79. The van der Waals surface area contributed by atoms with E-state index in [9.17, 15) is 9.59 Å². The molecule has 0 fully saturated rings. The smallest absolute Gasteiger partial charge is 0.251 e. The van der Waals surface area contributed by atoms with Gasteiger partial charge in [-0.05, 0) is 38.5 Å². The molecule has 1 heterocycles. The van der Waals surface area contributed by atoms with Crippen LogP contribution in [0.2, 0.25) is 0 Å². The summed E-state index contributed by atoms with van der Waals surface area (Å²) in [4.78, 5) is 27.1. The molecule has 1 amide bonds. The summed E-state index contributed by atoms with van der Waals surface area (Å²) in [7, 11) is 0. The fraction of sp³-hybridized carbons (Fsp3) is 0.267. The highest BCUT2D eigenvalue weighted by molar-refractivity contribution is 6.00. The second-order valence-corrected chi connectivity index (χ2v) is 4.79. The Kier molecular flexibility index (Phi) is 3.60. The lowest BCUT2D eigenvalue weighted by molar-refractivity contribution is 0.0942. The largest absolute Gasteiger partial charge is 0.350 e. The maximum Gasteiger partial charge on any atom is 0.251 e. The molecule has 0 radical (unpaired) electrons. The van der Waals surface area contributed by atoms with E-state index < -0.39 is 0 Å². The van der Waals surface area contributed by atoms with Crippen molar-refractivity contribution in [2.24, 2.45) is 0 Å². The van der Waals surface area contributed by atoms with Crippen LogP contribution in [-0.4, -0.2) is 23.2 Å². The van der Waals surface area contributed by atoms with Gasteiger partial charge in [-0.25, -0.2) is 4.98 Å². The van der Waals surface area contributed by atoms with Crippen LogP contribution < -0.4 is 5.32 Å². The van der Waals surface area contributed by atoms with Crippen LogP contribution >= 0.6 is 0 Å². The molecular formula is C15H16N2O2. The molecule has 2 rings (SSSR count). The topological polar surface area (TPSA) is 59.1 Å². The third-order valence-electron chi connectivity index (χ3n) is 2.92. The average molecular weight is 256 g/mol. The number of aldehydes is 1. The van der Waals surface area contributed by atoms with Crippen LogP contribution in [0.1, 0.15) is 40.3 Å². The fourth-order valence-electron chi connectivity index (χ4n) is 2.00. The predicted octanol–water partition coefficient (Wildman–Crippen LogP) is 2.49. The predicted molar refractivity (Wildman–Crippen MR) is 74.5 cm³/mol. The molecular weight excluding hydrogens is 240 g/mol. The minimum atomic E-state index is -0.118. The van der Waals surface area contributed by atoms with Crippen LogP contribution in [0.15, 0.2) is 24.3 Å². The van der Waals surface area contributed by atoms with Gasteiger partial charge in [0, 0.05) is 17.0 Å². The van der Waals surface area contributed by atoms with Gasteiger partial charge < -0.3 is 5.32 Å². The Balaban J connectivity index is 2.55. The molecule has 4 heteroatoms. The Morgan fingerprint density at radius 1 is 1.26 bits per heavy atom. The van der Waals surface area contributed by atoms with E-state index in [2.05, 4.69) is 10.3 Å². The van der Waals surface area contributed by atoms with Gasteiger partial charge in [0.15, 0.2) is 6.29 Å². The van der Waals surface area contributed by atoms with Crippen LogP contribution in [0.3, 0.4) is 0 Å². The summed E-state index contributed by atoms with van der Waals surface area (Å²) in [5.74, 6) is -0.118. The van der Waals surface area contributed by atoms with Crippen LogP contribution in [0.5, 0.6) is 0 Å². The van der Waals surface area contributed by atoms with Gasteiger partial charge in [0.1, 0.15) is 5.69 Å². The molecule has 0 aliphatic rings. The van der Waals surface area contributed by atoms with E-state index in [4.69, 9.17) is 0 Å². The van der Waals surface area contributed by atoms with Gasteiger partial charge >= 0.3 is 0 Å². The number of rotatable bonds is 3. The Labute approximate surface area is 111 Å². The molecule has 0 saturated heterocycles. The Morgan fingerprint density at radius 3 is 2.58 bits per heavy atom. The number of hydrogen-bond acceptors (Lipinski definition) is 3. The van der Waals surface area contributed by atoms with Gasteiger partial charge in [-0.2, -0.15) is 0 Å². The number of nitrogens with one attached hydrogen (secondary N) is 1. The normalized spacial score (nSPS) is 10.7. The van der Waals surface area contributed by atoms with E-state index in [0.29, 0.717) is 23.1 Å². The van der Waals surface area contributed by atoms with E-state index in [-0.39, 0.29) is 11.9 Å². The SMILES string of the molecule is Cc1c(C(=O)NC(C)C)ccc2ccc(C=O)nc12. The molecule has 4 nitrogen and oxygen atoms in total. The summed E-state index contributed by atoms with van der Waals surface area (Å²) in [6, 6.07) is 7.22. The monoisotopic (exact) mass is 256 g/mol. The zero-order valence-corrected chi connectivity index (χ0v) is 11.2. The summed E-state index contributed by atoms with van der Waals surface area (Å²) >= 11 is 0. The van der Waals surface area contributed by atoms with E-state index in [1.54, 1.807) is 12.1 Å². The van der Waals surface area contributed by atoms with Crippen molar-refractivity contribution >= 4 is 23.1 Å². The highest BCUT2D eigenvalue weighted by Gasteiger charge is 2.13. The van der Waals surface area contributed by atoms with Crippen molar-refractivity contribution in [2.45, 2.75) is 26.8 Å². The standard InChI is InChI=1S/C15H16N2O2/c1-9(2)16-15(19)13-7-5-11-4-6-12(8-18)17-14(11)10(13)3/h4-9H,1-3H3,(H,16,19). The summed E-state index contributed by atoms with van der Waals surface area (Å²) < 4.78 is 0. The molecule has 0 aliphatic heterocycles. The highest BCUT2D eigenvalue weighted by atomic mass is 16.1. The first-order valence-electron chi connectivity index (χ1n) is 6.19. The minimum absolute atomic E-state index is 0.0804. The molecule has 0 saturated carbocycles. The van der Waals surface area contributed by atoms with Gasteiger partial charge in [0.2, 0.25) is 0 Å². The molecule has 0 spiro atoms. The van der Waals surface area contributed by atoms with Gasteiger partial charge in [-0.3, -0.25) is 9.59 Å². The van der Waals surface area contributed by atoms with Crippen LogP contribution in [0, 0.1) is 6.92 Å². The molecule has 1 aromatic carbocycles. The number of aryl methyl sites for hydroxylation is 1. The Bertz CT molecular complexity index is 648. The lowest BCUT2D eigenvalue weighted by Gasteiger charge is -2.12. The number of hydrogen-bond donors (Lipinski definition) is 1. The summed E-state index contributed by atoms with van der Waals surface area (Å²) in [6.07, 6.45) is 0.708. The zero-order chi connectivity index (χ0) is 14.0. The lowest BCUT2D eigenvalue weighted by atomic mass is 10.0. The van der Waals surface area contributed by atoms with E-state index >= 15 is 0 Å². The molecule has 0 aliphatic carbocycles. The number of benzene rings is 1. The number of pyridine rings is 1. The summed E-state index contributed by atoms with van der Waals surface area (Å²) in [5.41, 5.74) is 2.45. The average Bonchev–Trinajstić information content (AvgIpc) is 2.38.